The van der Waals surface area contributed by atoms with E-state index in [0.29, 0.717) is 12.0 Å². The van der Waals surface area contributed by atoms with Gasteiger partial charge in [0, 0.05) is 12.0 Å². The Morgan fingerprint density at radius 1 is 1.00 bits per heavy atom. The zero-order chi connectivity index (χ0) is 16.1. The number of ketones is 2. The highest BCUT2D eigenvalue weighted by atomic mass is 16.2. The molecule has 1 unspecified atom stereocenters. The third-order valence-electron chi connectivity index (χ3n) is 2.96. The number of benzene rings is 1. The van der Waals surface area contributed by atoms with E-state index in [-0.39, 0.29) is 11.6 Å². The van der Waals surface area contributed by atoms with E-state index in [2.05, 4.69) is 20.8 Å². The first-order chi connectivity index (χ1) is 10.1. The van der Waals surface area contributed by atoms with Crippen LogP contribution in [0, 0.1) is 0 Å². The Kier molecular flexibility index (Phi) is 11.4. The number of Topliss-reactive ketones (excluding diaryl/α,β-unsaturated/α-hetero) is 2. The maximum Gasteiger partial charge on any atom is 0.187 e. The Morgan fingerprint density at radius 3 is 2.10 bits per heavy atom. The third-order valence-corrected chi connectivity index (χ3v) is 2.96. The molecule has 0 aromatic heterocycles. The summed E-state index contributed by atoms with van der Waals surface area (Å²) in [5.74, 6) is -0.434. The molecule has 1 atom stereocenters. The van der Waals surface area contributed by atoms with Crippen molar-refractivity contribution in [2.24, 2.45) is 5.73 Å². The van der Waals surface area contributed by atoms with Gasteiger partial charge in [-0.1, -0.05) is 76.8 Å². The molecule has 3 heteroatoms. The average Bonchev–Trinajstić information content (AvgIpc) is 2.51. The van der Waals surface area contributed by atoms with Crippen molar-refractivity contribution in [3.05, 3.63) is 35.9 Å². The fraction of sp³-hybridized carbons (Fsp3) is 0.556. The molecule has 0 spiro atoms. The van der Waals surface area contributed by atoms with Crippen LogP contribution in [0.25, 0.3) is 0 Å². The maximum absolute atomic E-state index is 11.9. The van der Waals surface area contributed by atoms with Gasteiger partial charge >= 0.3 is 0 Å². The lowest BCUT2D eigenvalue weighted by Gasteiger charge is -2.09. The zero-order valence-corrected chi connectivity index (χ0v) is 13.6. The molecule has 0 amide bonds. The summed E-state index contributed by atoms with van der Waals surface area (Å²) in [6, 6.07) is 7.74. The SMILES string of the molecule is CCC.CCCCCCC(=O)C(N)C(=O)c1ccccc1. The number of carbonyl (C=O) groups excluding carboxylic acids is 2. The van der Waals surface area contributed by atoms with Crippen LogP contribution >= 0.6 is 0 Å². The van der Waals surface area contributed by atoms with Gasteiger partial charge in [0.25, 0.3) is 0 Å². The number of rotatable bonds is 8. The molecule has 0 radical (unpaired) electrons. The molecule has 0 aliphatic carbocycles. The van der Waals surface area contributed by atoms with Gasteiger partial charge < -0.3 is 5.73 Å². The molecule has 0 bridgehead atoms. The third kappa shape index (κ3) is 8.41. The predicted octanol–water partition coefficient (Wildman–Crippen LogP) is 4.15. The zero-order valence-electron chi connectivity index (χ0n) is 13.6. The Balaban J connectivity index is 0.00000122. The van der Waals surface area contributed by atoms with Crippen molar-refractivity contribution >= 4 is 11.6 Å². The molecule has 0 aliphatic heterocycles. The molecule has 0 heterocycles. The lowest BCUT2D eigenvalue weighted by Crippen LogP contribution is -2.38. The van der Waals surface area contributed by atoms with Gasteiger partial charge in [0.15, 0.2) is 11.6 Å². The van der Waals surface area contributed by atoms with Gasteiger partial charge in [-0.15, -0.1) is 0 Å². The molecule has 1 aromatic carbocycles. The van der Waals surface area contributed by atoms with E-state index in [1.54, 1.807) is 24.3 Å². The predicted molar refractivity (Wildman–Crippen MR) is 88.5 cm³/mol. The smallest absolute Gasteiger partial charge is 0.187 e. The van der Waals surface area contributed by atoms with E-state index in [4.69, 9.17) is 5.73 Å². The first-order valence-corrected chi connectivity index (χ1v) is 7.95. The van der Waals surface area contributed by atoms with Gasteiger partial charge in [-0.25, -0.2) is 0 Å². The van der Waals surface area contributed by atoms with E-state index < -0.39 is 6.04 Å². The van der Waals surface area contributed by atoms with Crippen LogP contribution in [0.15, 0.2) is 30.3 Å². The van der Waals surface area contributed by atoms with Gasteiger partial charge in [-0.3, -0.25) is 9.59 Å². The van der Waals surface area contributed by atoms with Crippen LogP contribution in [0.4, 0.5) is 0 Å². The summed E-state index contributed by atoms with van der Waals surface area (Å²) in [4.78, 5) is 23.7. The minimum absolute atomic E-state index is 0.153. The van der Waals surface area contributed by atoms with Crippen LogP contribution in [0.3, 0.4) is 0 Å². The van der Waals surface area contributed by atoms with Crippen LogP contribution in [0.5, 0.6) is 0 Å². The van der Waals surface area contributed by atoms with Crippen LogP contribution in [0.1, 0.15) is 69.7 Å². The first kappa shape index (κ1) is 19.5. The average molecular weight is 291 g/mol. The summed E-state index contributed by atoms with van der Waals surface area (Å²) in [5.41, 5.74) is 6.21. The molecule has 118 valence electrons. The highest BCUT2D eigenvalue weighted by molar-refractivity contribution is 6.13. The summed E-state index contributed by atoms with van der Waals surface area (Å²) in [7, 11) is 0. The standard InChI is InChI=1S/C15H21NO2.C3H8/c1-2-3-4-8-11-13(17)14(16)15(18)12-9-6-5-7-10-12;1-3-2/h5-7,9-10,14H,2-4,8,11,16H2,1H3;3H2,1-2H3. The molecular formula is C18H29NO2. The fourth-order valence-electron chi connectivity index (χ4n) is 1.81. The van der Waals surface area contributed by atoms with Gasteiger partial charge in [-0.05, 0) is 6.42 Å². The molecule has 1 aromatic rings. The topological polar surface area (TPSA) is 60.2 Å². The summed E-state index contributed by atoms with van der Waals surface area (Å²) in [6.07, 6.45) is 5.75. The second kappa shape index (κ2) is 12.3. The van der Waals surface area contributed by atoms with E-state index in [0.717, 1.165) is 25.7 Å². The number of hydrogen-bond donors (Lipinski definition) is 1. The van der Waals surface area contributed by atoms with E-state index in [9.17, 15) is 9.59 Å². The summed E-state index contributed by atoms with van der Waals surface area (Å²) >= 11 is 0. The highest BCUT2D eigenvalue weighted by Gasteiger charge is 2.22. The van der Waals surface area contributed by atoms with Gasteiger partial charge in [-0.2, -0.15) is 0 Å². The van der Waals surface area contributed by atoms with E-state index in [1.807, 2.05) is 6.07 Å². The summed E-state index contributed by atoms with van der Waals surface area (Å²) < 4.78 is 0. The fourth-order valence-corrected chi connectivity index (χ4v) is 1.81. The molecular weight excluding hydrogens is 262 g/mol. The molecule has 0 saturated carbocycles. The molecule has 0 fully saturated rings. The van der Waals surface area contributed by atoms with Crippen molar-refractivity contribution in [2.45, 2.75) is 65.3 Å². The van der Waals surface area contributed by atoms with Crippen LogP contribution in [-0.2, 0) is 4.79 Å². The molecule has 21 heavy (non-hydrogen) atoms. The quantitative estimate of drug-likeness (QED) is 0.444. The van der Waals surface area contributed by atoms with Gasteiger partial charge in [0.05, 0.1) is 0 Å². The minimum atomic E-state index is -1.01. The van der Waals surface area contributed by atoms with Crippen molar-refractivity contribution in [3.63, 3.8) is 0 Å². The monoisotopic (exact) mass is 291 g/mol. The largest absolute Gasteiger partial charge is 0.315 e. The highest BCUT2D eigenvalue weighted by Crippen LogP contribution is 2.08. The maximum atomic E-state index is 11.9. The number of nitrogens with two attached hydrogens (primary N) is 1. The molecule has 2 N–H and O–H groups in total. The summed E-state index contributed by atoms with van der Waals surface area (Å²) in [6.45, 7) is 6.37. The van der Waals surface area contributed by atoms with Crippen molar-refractivity contribution in [1.82, 2.24) is 0 Å². The van der Waals surface area contributed by atoms with Gasteiger partial charge in [0.2, 0.25) is 0 Å². The second-order valence-corrected chi connectivity index (χ2v) is 5.19. The van der Waals surface area contributed by atoms with Gasteiger partial charge in [0.1, 0.15) is 6.04 Å². The van der Waals surface area contributed by atoms with E-state index in [1.165, 1.54) is 6.42 Å². The van der Waals surface area contributed by atoms with Crippen LogP contribution in [0.2, 0.25) is 0 Å². The van der Waals surface area contributed by atoms with E-state index >= 15 is 0 Å². The molecule has 0 aliphatic rings. The van der Waals surface area contributed by atoms with Crippen LogP contribution < -0.4 is 5.73 Å². The first-order valence-electron chi connectivity index (χ1n) is 7.95. The summed E-state index contributed by atoms with van der Waals surface area (Å²) in [5, 5.41) is 0. The Labute approximate surface area is 128 Å². The van der Waals surface area contributed by atoms with Crippen LogP contribution in [-0.4, -0.2) is 17.6 Å². The lowest BCUT2D eigenvalue weighted by molar-refractivity contribution is -0.119. The number of unbranched alkanes of at least 4 members (excludes halogenated alkanes) is 3. The lowest BCUT2D eigenvalue weighted by atomic mass is 9.98. The Morgan fingerprint density at radius 2 is 1.57 bits per heavy atom. The Hall–Kier alpha value is -1.48. The normalized spacial score (nSPS) is 11.2. The molecule has 1 rings (SSSR count). The Bertz CT molecular complexity index is 401. The molecule has 3 nitrogen and oxygen atoms in total. The molecule has 0 saturated heterocycles. The van der Waals surface area contributed by atoms with Crippen molar-refractivity contribution < 1.29 is 9.59 Å². The van der Waals surface area contributed by atoms with Crippen molar-refractivity contribution in [1.29, 1.82) is 0 Å². The minimum Gasteiger partial charge on any atom is -0.315 e. The number of hydrogen-bond acceptors (Lipinski definition) is 3. The van der Waals surface area contributed by atoms with Crippen molar-refractivity contribution in [3.8, 4) is 0 Å². The number of carbonyl (C=O) groups is 2. The second-order valence-electron chi connectivity index (χ2n) is 5.19. The van der Waals surface area contributed by atoms with Crippen molar-refractivity contribution in [2.75, 3.05) is 0 Å².